The Morgan fingerprint density at radius 2 is 0.750 bits per heavy atom. The molecule has 10 valence electrons. The molecule has 4 heteroatoms. The molecule has 0 unspecified atom stereocenters. The van der Waals surface area contributed by atoms with Crippen molar-refractivity contribution < 1.29 is 39.0 Å². The van der Waals surface area contributed by atoms with Crippen LogP contribution in [0.5, 0.6) is 0 Å². The molecule has 0 N–H and O–H groups in total. The molecule has 0 bridgehead atoms. The van der Waals surface area contributed by atoms with Crippen molar-refractivity contribution in [1.29, 1.82) is 0 Å². The standard InChI is InChI=1S/Al.B.2Zn. The van der Waals surface area contributed by atoms with E-state index in [1.54, 1.807) is 0 Å². The summed E-state index contributed by atoms with van der Waals surface area (Å²) in [6.45, 7) is 0. The summed E-state index contributed by atoms with van der Waals surface area (Å²) < 4.78 is 0. The van der Waals surface area contributed by atoms with Gasteiger partial charge in [-0.15, -0.1) is 0 Å². The number of hydrogen-bond acceptors (Lipinski definition) is 0. The first kappa shape index (κ1) is 40.3. The molecule has 0 atom stereocenters. The largest absolute Gasteiger partial charge is 0 e. The van der Waals surface area contributed by atoms with Gasteiger partial charge in [-0.05, 0) is 0 Å². The van der Waals surface area contributed by atoms with E-state index in [1.807, 2.05) is 0 Å². The molecule has 0 saturated heterocycles. The fraction of sp³-hybridized carbons (Fsp3) is 0. The van der Waals surface area contributed by atoms with Gasteiger partial charge in [-0.3, -0.25) is 0 Å². The van der Waals surface area contributed by atoms with Crippen LogP contribution in [0.3, 0.4) is 0 Å². The molecular weight excluding hydrogens is 169 g/mol. The van der Waals surface area contributed by atoms with Crippen LogP contribution in [-0.4, -0.2) is 25.8 Å². The van der Waals surface area contributed by atoms with Gasteiger partial charge in [0, 0.05) is 64.7 Å². The average molecular weight is 169 g/mol. The minimum Gasteiger partial charge on any atom is 0 e. The van der Waals surface area contributed by atoms with Crippen molar-refractivity contribution in [2.75, 3.05) is 0 Å². The molecule has 0 aromatic heterocycles. The van der Waals surface area contributed by atoms with Gasteiger partial charge in [0.1, 0.15) is 0 Å². The zero-order valence-corrected chi connectivity index (χ0v) is 9.66. The first-order valence-corrected chi connectivity index (χ1v) is 0. The predicted octanol–water partition coefficient (Wildman–Crippen LogP) is -0.767. The Bertz CT molecular complexity index is 6.00. The van der Waals surface area contributed by atoms with E-state index in [1.165, 1.54) is 0 Å². The second-order valence-corrected chi connectivity index (χ2v) is 0. The van der Waals surface area contributed by atoms with E-state index in [2.05, 4.69) is 0 Å². The van der Waals surface area contributed by atoms with Gasteiger partial charge < -0.3 is 0 Å². The van der Waals surface area contributed by atoms with E-state index in [4.69, 9.17) is 0 Å². The molecule has 0 aromatic carbocycles. The van der Waals surface area contributed by atoms with Crippen molar-refractivity contribution in [3.8, 4) is 0 Å². The normalized spacial score (nSPS) is 0. The fourth-order valence-corrected chi connectivity index (χ4v) is 0. The van der Waals surface area contributed by atoms with Gasteiger partial charge in [0.2, 0.25) is 0 Å². The molecule has 0 amide bonds. The third-order valence-corrected chi connectivity index (χ3v) is 0. The van der Waals surface area contributed by atoms with E-state index >= 15 is 0 Å². The summed E-state index contributed by atoms with van der Waals surface area (Å²) >= 11 is 0. The number of rotatable bonds is 0. The zero-order chi connectivity index (χ0) is 0. The molecule has 4 heavy (non-hydrogen) atoms. The van der Waals surface area contributed by atoms with Gasteiger partial charge >= 0.3 is 0 Å². The molecule has 0 heterocycles. The first-order chi connectivity index (χ1) is 0. The topological polar surface area (TPSA) is 0 Å². The van der Waals surface area contributed by atoms with Crippen molar-refractivity contribution in [2.45, 2.75) is 0 Å². The van der Waals surface area contributed by atoms with Gasteiger partial charge in [0.05, 0.1) is 0 Å². The maximum atomic E-state index is 0. The van der Waals surface area contributed by atoms with Crippen molar-refractivity contribution in [3.63, 3.8) is 0 Å². The Hall–Kier alpha value is 1.84. The molecule has 0 aliphatic carbocycles. The quantitative estimate of drug-likeness (QED) is 0.417. The molecule has 0 fully saturated rings. The minimum absolute atomic E-state index is 0. The Labute approximate surface area is 64.3 Å². The average Bonchev–Trinajstić information content (AvgIpc) is 0. The smallest absolute Gasteiger partial charge is 0 e. The van der Waals surface area contributed by atoms with E-state index in [-0.39, 0.29) is 64.7 Å². The van der Waals surface area contributed by atoms with E-state index in [0.717, 1.165) is 0 Å². The van der Waals surface area contributed by atoms with Crippen molar-refractivity contribution >= 4 is 25.8 Å². The molecule has 0 nitrogen and oxygen atoms in total. The third kappa shape index (κ3) is 9.14. The van der Waals surface area contributed by atoms with Crippen molar-refractivity contribution in [3.05, 3.63) is 0 Å². The molecule has 0 spiro atoms. The molecule has 0 aliphatic heterocycles. The second kappa shape index (κ2) is 21.0. The van der Waals surface area contributed by atoms with Gasteiger partial charge in [-0.25, -0.2) is 0 Å². The van der Waals surface area contributed by atoms with Gasteiger partial charge in [0.15, 0.2) is 0 Å². The van der Waals surface area contributed by atoms with Crippen LogP contribution in [0.25, 0.3) is 0 Å². The molecule has 0 aliphatic rings. The summed E-state index contributed by atoms with van der Waals surface area (Å²) in [5.41, 5.74) is 0. The Morgan fingerprint density at radius 1 is 0.750 bits per heavy atom. The van der Waals surface area contributed by atoms with Crippen LogP contribution in [0.15, 0.2) is 0 Å². The van der Waals surface area contributed by atoms with Gasteiger partial charge in [0.25, 0.3) is 0 Å². The third-order valence-electron chi connectivity index (χ3n) is 0. The summed E-state index contributed by atoms with van der Waals surface area (Å²) in [5, 5.41) is 0. The summed E-state index contributed by atoms with van der Waals surface area (Å²) in [7, 11) is 0. The predicted molar refractivity (Wildman–Crippen MR) is 11.5 cm³/mol. The summed E-state index contributed by atoms with van der Waals surface area (Å²) in [6.07, 6.45) is 0. The summed E-state index contributed by atoms with van der Waals surface area (Å²) in [6, 6.07) is 0. The van der Waals surface area contributed by atoms with Crippen LogP contribution in [-0.2, 0) is 39.0 Å². The Morgan fingerprint density at radius 3 is 0.750 bits per heavy atom. The van der Waals surface area contributed by atoms with E-state index < -0.39 is 0 Å². The van der Waals surface area contributed by atoms with Crippen LogP contribution >= 0.6 is 0 Å². The summed E-state index contributed by atoms with van der Waals surface area (Å²) in [5.74, 6) is 0. The van der Waals surface area contributed by atoms with Crippen LogP contribution in [0.2, 0.25) is 0 Å². The monoisotopic (exact) mass is 166 g/mol. The molecule has 0 aromatic rings. The maximum Gasteiger partial charge on any atom is 0 e. The fourth-order valence-electron chi connectivity index (χ4n) is 0. The minimum atomic E-state index is 0. The van der Waals surface area contributed by atoms with Crippen LogP contribution in [0.4, 0.5) is 0 Å². The molecule has 0 saturated carbocycles. The van der Waals surface area contributed by atoms with Gasteiger partial charge in [-0.2, -0.15) is 0 Å². The van der Waals surface area contributed by atoms with Crippen LogP contribution in [0, 0.1) is 0 Å². The zero-order valence-electron chi connectivity index (χ0n) is 2.57. The van der Waals surface area contributed by atoms with Gasteiger partial charge in [-0.1, -0.05) is 0 Å². The molecular formula is AlBZn2. The Balaban J connectivity index is 0. The Kier molecular flexibility index (Phi) is 212. The van der Waals surface area contributed by atoms with Crippen LogP contribution < -0.4 is 0 Å². The maximum absolute atomic E-state index is 0. The van der Waals surface area contributed by atoms with Crippen molar-refractivity contribution in [1.82, 2.24) is 0 Å². The second-order valence-electron chi connectivity index (χ2n) is 0. The molecule has 6 radical (unpaired) electrons. The first-order valence-electron chi connectivity index (χ1n) is 0. The SMILES string of the molecule is [Al].[B].[Zn].[Zn]. The van der Waals surface area contributed by atoms with Crippen LogP contribution in [0.1, 0.15) is 0 Å². The van der Waals surface area contributed by atoms with E-state index in [9.17, 15) is 0 Å². The summed E-state index contributed by atoms with van der Waals surface area (Å²) in [4.78, 5) is 0. The van der Waals surface area contributed by atoms with E-state index in [0.29, 0.717) is 0 Å². The molecule has 0 rings (SSSR count). The van der Waals surface area contributed by atoms with Crippen molar-refractivity contribution in [2.24, 2.45) is 0 Å². The number of hydrogen-bond donors (Lipinski definition) is 0.